The molecule has 7 rings (SSSR count). The fourth-order valence-electron chi connectivity index (χ4n) is 8.79. The standard InChI is InChI=1S/C17H16O2/c18-16-6-3-7-10-9(6)14-11(16)4-1-2-5-8(4)13(14)15(10)12(5)17(7)19/h1-2,4-15H,3H2/t4-,5+,6+,7-,8?,9-,10+,11-,12-,13?,14+,15+/m1/s1. The van der Waals surface area contributed by atoms with E-state index in [9.17, 15) is 9.59 Å². The first-order valence-electron chi connectivity index (χ1n) is 8.05. The summed E-state index contributed by atoms with van der Waals surface area (Å²) in [7, 11) is 0. The third-order valence-corrected chi connectivity index (χ3v) is 8.59. The van der Waals surface area contributed by atoms with Gasteiger partial charge in [-0.05, 0) is 53.8 Å². The van der Waals surface area contributed by atoms with Crippen molar-refractivity contribution in [3.63, 3.8) is 0 Å². The summed E-state index contributed by atoms with van der Waals surface area (Å²) < 4.78 is 0. The number of Topliss-reactive ketones (excluding diaryl/α,β-unsaturated/α-hetero) is 2. The van der Waals surface area contributed by atoms with Gasteiger partial charge < -0.3 is 0 Å². The minimum absolute atomic E-state index is 0.286. The maximum atomic E-state index is 12.8. The zero-order valence-electron chi connectivity index (χ0n) is 10.6. The molecule has 0 bridgehead atoms. The lowest BCUT2D eigenvalue weighted by atomic mass is 9.79. The number of hydrogen-bond acceptors (Lipinski definition) is 2. The zero-order chi connectivity index (χ0) is 12.2. The molecule has 0 saturated heterocycles. The predicted molar refractivity (Wildman–Crippen MR) is 65.7 cm³/mol. The summed E-state index contributed by atoms with van der Waals surface area (Å²) in [5, 5.41) is 0. The second-order valence-electron chi connectivity index (χ2n) is 8.31. The Balaban J connectivity index is 1.61. The van der Waals surface area contributed by atoms with Crippen LogP contribution in [0.2, 0.25) is 0 Å². The van der Waals surface area contributed by atoms with Crippen molar-refractivity contribution in [1.29, 1.82) is 0 Å². The van der Waals surface area contributed by atoms with Gasteiger partial charge >= 0.3 is 0 Å². The number of allylic oxidation sites excluding steroid dienone is 2. The number of rotatable bonds is 0. The largest absolute Gasteiger partial charge is 0.299 e. The molecule has 0 N–H and O–H groups in total. The Labute approximate surface area is 111 Å². The molecule has 6 fully saturated rings. The van der Waals surface area contributed by atoms with Crippen molar-refractivity contribution in [2.75, 3.05) is 0 Å². The average Bonchev–Trinajstić information content (AvgIpc) is 3.10. The van der Waals surface area contributed by atoms with Crippen molar-refractivity contribution in [2.24, 2.45) is 71.0 Å². The summed E-state index contributed by atoms with van der Waals surface area (Å²) >= 11 is 0. The molecule has 0 aliphatic heterocycles. The molecule has 0 aromatic heterocycles. The van der Waals surface area contributed by atoms with Crippen molar-refractivity contribution in [2.45, 2.75) is 6.42 Å². The third kappa shape index (κ3) is 0.606. The van der Waals surface area contributed by atoms with Crippen LogP contribution in [-0.2, 0) is 9.59 Å². The van der Waals surface area contributed by atoms with E-state index >= 15 is 0 Å². The Kier molecular flexibility index (Phi) is 1.09. The van der Waals surface area contributed by atoms with E-state index in [0.717, 1.165) is 12.3 Å². The van der Waals surface area contributed by atoms with E-state index in [0.29, 0.717) is 64.8 Å². The maximum absolute atomic E-state index is 12.8. The molecule has 0 heterocycles. The molecule has 19 heavy (non-hydrogen) atoms. The summed E-state index contributed by atoms with van der Waals surface area (Å²) in [5.41, 5.74) is 0. The van der Waals surface area contributed by atoms with E-state index in [4.69, 9.17) is 0 Å². The SMILES string of the molecule is O=C1[C@H]2[C@H]3C4C5[C@H]2C=C[C@@H]5[C@H]2C(=O)[C@@H]5C[C@H]1[C@@H]3[C@H]5[C@H]42. The van der Waals surface area contributed by atoms with Crippen molar-refractivity contribution in [3.8, 4) is 0 Å². The first-order chi connectivity index (χ1) is 9.29. The lowest BCUT2D eigenvalue weighted by molar-refractivity contribution is -0.128. The number of carbonyl (C=O) groups excluding carboxylic acids is 2. The van der Waals surface area contributed by atoms with Crippen molar-refractivity contribution < 1.29 is 9.59 Å². The Morgan fingerprint density at radius 2 is 1.21 bits per heavy atom. The monoisotopic (exact) mass is 252 g/mol. The van der Waals surface area contributed by atoms with Crippen LogP contribution in [0.25, 0.3) is 0 Å². The molecule has 0 aromatic rings. The smallest absolute Gasteiger partial charge is 0.140 e. The highest BCUT2D eigenvalue weighted by atomic mass is 16.1. The van der Waals surface area contributed by atoms with Crippen LogP contribution < -0.4 is 0 Å². The fourth-order valence-corrected chi connectivity index (χ4v) is 8.79. The van der Waals surface area contributed by atoms with Gasteiger partial charge in [-0.25, -0.2) is 0 Å². The molecule has 7 aliphatic rings. The summed E-state index contributed by atoms with van der Waals surface area (Å²) in [5.74, 6) is 7.57. The van der Waals surface area contributed by atoms with E-state index in [1.807, 2.05) is 0 Å². The number of fused-ring (bicyclic) bond motifs is 2. The first kappa shape index (κ1) is 9.10. The van der Waals surface area contributed by atoms with Crippen LogP contribution >= 0.6 is 0 Å². The summed E-state index contributed by atoms with van der Waals surface area (Å²) in [6, 6.07) is 0. The van der Waals surface area contributed by atoms with Crippen molar-refractivity contribution >= 4 is 11.6 Å². The number of carbonyl (C=O) groups is 2. The predicted octanol–water partition coefficient (Wildman–Crippen LogP) is 1.56. The fraction of sp³-hybridized carbons (Fsp3) is 0.765. The Bertz CT molecular complexity index is 569. The summed E-state index contributed by atoms with van der Waals surface area (Å²) in [6.45, 7) is 0. The quantitative estimate of drug-likeness (QED) is 0.613. The molecule has 0 spiro atoms. The van der Waals surface area contributed by atoms with Crippen LogP contribution in [0.4, 0.5) is 0 Å². The van der Waals surface area contributed by atoms with Crippen molar-refractivity contribution in [1.82, 2.24) is 0 Å². The van der Waals surface area contributed by atoms with Crippen LogP contribution in [0.5, 0.6) is 0 Å². The second kappa shape index (κ2) is 2.27. The van der Waals surface area contributed by atoms with Gasteiger partial charge in [0.05, 0.1) is 0 Å². The normalized spacial score (nSPS) is 75.2. The topological polar surface area (TPSA) is 34.1 Å². The average molecular weight is 252 g/mol. The van der Waals surface area contributed by atoms with Gasteiger partial charge in [-0.3, -0.25) is 9.59 Å². The van der Waals surface area contributed by atoms with Gasteiger partial charge in [0.25, 0.3) is 0 Å². The molecule has 0 amide bonds. The zero-order valence-corrected chi connectivity index (χ0v) is 10.6. The van der Waals surface area contributed by atoms with Gasteiger partial charge in [-0.2, -0.15) is 0 Å². The highest BCUT2D eigenvalue weighted by Crippen LogP contribution is 2.82. The van der Waals surface area contributed by atoms with Crippen molar-refractivity contribution in [3.05, 3.63) is 12.2 Å². The molecule has 0 aromatic carbocycles. The van der Waals surface area contributed by atoms with E-state index < -0.39 is 0 Å². The van der Waals surface area contributed by atoms with Crippen LogP contribution in [0.3, 0.4) is 0 Å². The highest BCUT2D eigenvalue weighted by molar-refractivity contribution is 5.95. The maximum Gasteiger partial charge on any atom is 0.140 e. The highest BCUT2D eigenvalue weighted by Gasteiger charge is 2.82. The number of ketones is 2. The molecule has 2 nitrogen and oxygen atoms in total. The van der Waals surface area contributed by atoms with Gasteiger partial charge in [0.2, 0.25) is 0 Å². The Morgan fingerprint density at radius 3 is 1.74 bits per heavy atom. The summed E-state index contributed by atoms with van der Waals surface area (Å²) in [4.78, 5) is 25.6. The van der Waals surface area contributed by atoms with E-state index in [1.165, 1.54) is 0 Å². The van der Waals surface area contributed by atoms with E-state index in [1.54, 1.807) is 0 Å². The molecular formula is C17H16O2. The van der Waals surface area contributed by atoms with E-state index in [-0.39, 0.29) is 11.8 Å². The van der Waals surface area contributed by atoms with Gasteiger partial charge in [0, 0.05) is 23.7 Å². The molecule has 2 unspecified atom stereocenters. The molecular weight excluding hydrogens is 236 g/mol. The minimum Gasteiger partial charge on any atom is -0.299 e. The van der Waals surface area contributed by atoms with Gasteiger partial charge in [0.1, 0.15) is 11.6 Å². The van der Waals surface area contributed by atoms with Gasteiger partial charge in [-0.15, -0.1) is 0 Å². The molecule has 0 radical (unpaired) electrons. The lowest BCUT2D eigenvalue weighted by Gasteiger charge is -2.23. The summed E-state index contributed by atoms with van der Waals surface area (Å²) in [6.07, 6.45) is 5.61. The van der Waals surface area contributed by atoms with Crippen LogP contribution in [0.1, 0.15) is 6.42 Å². The van der Waals surface area contributed by atoms with Crippen LogP contribution in [-0.4, -0.2) is 11.6 Å². The molecule has 6 saturated carbocycles. The van der Waals surface area contributed by atoms with Crippen LogP contribution in [0.15, 0.2) is 12.2 Å². The lowest BCUT2D eigenvalue weighted by Crippen LogP contribution is -2.29. The van der Waals surface area contributed by atoms with E-state index in [2.05, 4.69) is 12.2 Å². The Morgan fingerprint density at radius 1 is 0.684 bits per heavy atom. The molecule has 12 atom stereocenters. The molecule has 7 aliphatic carbocycles. The molecule has 96 valence electrons. The van der Waals surface area contributed by atoms with Gasteiger partial charge in [0.15, 0.2) is 0 Å². The second-order valence-corrected chi connectivity index (χ2v) is 8.31. The number of hydrogen-bond donors (Lipinski definition) is 0. The van der Waals surface area contributed by atoms with Crippen LogP contribution in [0, 0.1) is 71.0 Å². The minimum atomic E-state index is 0.286. The first-order valence-corrected chi connectivity index (χ1v) is 8.05. The molecule has 2 heteroatoms. The Hall–Kier alpha value is -0.920. The third-order valence-electron chi connectivity index (χ3n) is 8.59. The van der Waals surface area contributed by atoms with Gasteiger partial charge in [-0.1, -0.05) is 12.2 Å².